The topological polar surface area (TPSA) is 71.1 Å². The van der Waals surface area contributed by atoms with E-state index < -0.39 is 5.91 Å². The first-order valence-electron chi connectivity index (χ1n) is 6.48. The zero-order chi connectivity index (χ0) is 15.9. The molecule has 1 aromatic carbocycles. The summed E-state index contributed by atoms with van der Waals surface area (Å²) in [4.78, 5) is 28.5. The van der Waals surface area contributed by atoms with Crippen LogP contribution in [0.25, 0.3) is 0 Å². The Labute approximate surface area is 137 Å². The van der Waals surface area contributed by atoms with E-state index in [-0.39, 0.29) is 11.2 Å². The Hall–Kier alpha value is -2.05. The van der Waals surface area contributed by atoms with Gasteiger partial charge in [0.25, 0.3) is 11.8 Å². The van der Waals surface area contributed by atoms with Crippen molar-refractivity contribution in [3.63, 3.8) is 0 Å². The normalized spacial score (nSPS) is 11.5. The zero-order valence-corrected chi connectivity index (χ0v) is 13.3. The summed E-state index contributed by atoms with van der Waals surface area (Å²) in [5.74, 6) is -0.706. The second-order valence-corrected chi connectivity index (χ2v) is 6.25. The van der Waals surface area contributed by atoms with Crippen molar-refractivity contribution in [2.75, 3.05) is 0 Å². The molecule has 0 saturated carbocycles. The van der Waals surface area contributed by atoms with E-state index in [9.17, 15) is 9.59 Å². The number of benzene rings is 1. The van der Waals surface area contributed by atoms with Crippen molar-refractivity contribution in [1.82, 2.24) is 15.8 Å². The third-order valence-electron chi connectivity index (χ3n) is 2.72. The molecule has 2 aromatic rings. The van der Waals surface area contributed by atoms with Gasteiger partial charge in [0, 0.05) is 22.3 Å². The summed E-state index contributed by atoms with van der Waals surface area (Å²) in [5.41, 5.74) is 5.14. The van der Waals surface area contributed by atoms with E-state index in [1.807, 2.05) is 12.1 Å². The molecular formula is C15H14ClN3O2S. The maximum Gasteiger partial charge on any atom is 0.271 e. The monoisotopic (exact) mass is 335 g/mol. The van der Waals surface area contributed by atoms with Gasteiger partial charge >= 0.3 is 0 Å². The van der Waals surface area contributed by atoms with Gasteiger partial charge in [0.05, 0.1) is 10.8 Å². The molecule has 2 amide bonds. The van der Waals surface area contributed by atoms with Crippen LogP contribution < -0.4 is 10.9 Å². The smallest absolute Gasteiger partial charge is 0.271 e. The average molecular weight is 336 g/mol. The number of rotatable bonds is 4. The molecule has 0 spiro atoms. The standard InChI is InChI=1S/C15H14ClN3O2S/c1-10(22-13-6-4-12(16)5-7-13)14(20)18-19-15(21)11-3-2-8-17-9-11/h2-10H,1H3,(H,18,20)(H,19,21). The largest absolute Gasteiger partial charge is 0.272 e. The number of hydrogen-bond donors (Lipinski definition) is 2. The van der Waals surface area contributed by atoms with Crippen LogP contribution in [0.1, 0.15) is 17.3 Å². The fourth-order valence-electron chi connectivity index (χ4n) is 1.56. The number of halogens is 1. The molecule has 0 bridgehead atoms. The quantitative estimate of drug-likeness (QED) is 0.665. The lowest BCUT2D eigenvalue weighted by atomic mass is 10.3. The van der Waals surface area contributed by atoms with Gasteiger partial charge in [0.2, 0.25) is 0 Å². The van der Waals surface area contributed by atoms with E-state index >= 15 is 0 Å². The van der Waals surface area contributed by atoms with Crippen molar-refractivity contribution < 1.29 is 9.59 Å². The molecule has 2 rings (SSSR count). The van der Waals surface area contributed by atoms with Crippen molar-refractivity contribution in [1.29, 1.82) is 0 Å². The fraction of sp³-hybridized carbons (Fsp3) is 0.133. The number of aromatic nitrogens is 1. The van der Waals surface area contributed by atoms with Gasteiger partial charge in [-0.25, -0.2) is 0 Å². The predicted octanol–water partition coefficient (Wildman–Crippen LogP) is 2.68. The maximum atomic E-state index is 12.0. The highest BCUT2D eigenvalue weighted by Crippen LogP contribution is 2.24. The maximum absolute atomic E-state index is 12.0. The van der Waals surface area contributed by atoms with Gasteiger partial charge in [-0.15, -0.1) is 11.8 Å². The molecule has 0 aliphatic heterocycles. The second kappa shape index (κ2) is 7.82. The van der Waals surface area contributed by atoms with E-state index in [2.05, 4.69) is 15.8 Å². The summed E-state index contributed by atoms with van der Waals surface area (Å²) < 4.78 is 0. The molecule has 1 unspecified atom stereocenters. The van der Waals surface area contributed by atoms with Crippen molar-refractivity contribution in [2.45, 2.75) is 17.1 Å². The second-order valence-electron chi connectivity index (χ2n) is 4.40. The Kier molecular flexibility index (Phi) is 5.80. The summed E-state index contributed by atoms with van der Waals surface area (Å²) in [5, 5.41) is 0.278. The van der Waals surface area contributed by atoms with Gasteiger partial charge in [0.15, 0.2) is 0 Å². The highest BCUT2D eigenvalue weighted by Gasteiger charge is 2.15. The number of pyridine rings is 1. The lowest BCUT2D eigenvalue weighted by molar-refractivity contribution is -0.121. The lowest BCUT2D eigenvalue weighted by Gasteiger charge is -2.12. The number of thioether (sulfide) groups is 1. The summed E-state index contributed by atoms with van der Waals surface area (Å²) in [7, 11) is 0. The molecule has 0 radical (unpaired) electrons. The molecule has 1 aromatic heterocycles. The number of amides is 2. The Bertz CT molecular complexity index is 650. The lowest BCUT2D eigenvalue weighted by Crippen LogP contribution is -2.44. The molecule has 0 saturated heterocycles. The van der Waals surface area contributed by atoms with Crippen LogP contribution in [-0.2, 0) is 4.79 Å². The molecule has 22 heavy (non-hydrogen) atoms. The van der Waals surface area contributed by atoms with Crippen molar-refractivity contribution in [2.24, 2.45) is 0 Å². The van der Waals surface area contributed by atoms with Gasteiger partial charge < -0.3 is 0 Å². The molecule has 1 heterocycles. The molecule has 0 fully saturated rings. The van der Waals surface area contributed by atoms with E-state index in [1.54, 1.807) is 37.4 Å². The SMILES string of the molecule is CC(Sc1ccc(Cl)cc1)C(=O)NNC(=O)c1cccnc1. The van der Waals surface area contributed by atoms with E-state index in [0.29, 0.717) is 10.6 Å². The minimum Gasteiger partial charge on any atom is -0.272 e. The van der Waals surface area contributed by atoms with Crippen LogP contribution in [0, 0.1) is 0 Å². The molecule has 7 heteroatoms. The van der Waals surface area contributed by atoms with Gasteiger partial charge in [0.1, 0.15) is 0 Å². The van der Waals surface area contributed by atoms with E-state index in [1.165, 1.54) is 18.0 Å². The molecule has 114 valence electrons. The van der Waals surface area contributed by atoms with Crippen LogP contribution in [-0.4, -0.2) is 22.0 Å². The fourth-order valence-corrected chi connectivity index (χ4v) is 2.55. The summed E-state index contributed by atoms with van der Waals surface area (Å²) in [6.45, 7) is 1.75. The van der Waals surface area contributed by atoms with Crippen molar-refractivity contribution in [3.05, 3.63) is 59.4 Å². The summed E-state index contributed by atoms with van der Waals surface area (Å²) in [6.07, 6.45) is 2.99. The van der Waals surface area contributed by atoms with Crippen molar-refractivity contribution in [3.8, 4) is 0 Å². The number of hydrogen-bond acceptors (Lipinski definition) is 4. The van der Waals surface area contributed by atoms with Crippen LogP contribution in [0.4, 0.5) is 0 Å². The number of hydrazine groups is 1. The predicted molar refractivity (Wildman–Crippen MR) is 86.6 cm³/mol. The van der Waals surface area contributed by atoms with Gasteiger partial charge in [-0.1, -0.05) is 11.6 Å². The first-order chi connectivity index (χ1) is 10.6. The Morgan fingerprint density at radius 1 is 1.18 bits per heavy atom. The third-order valence-corrected chi connectivity index (χ3v) is 4.08. The minimum atomic E-state index is -0.412. The van der Waals surface area contributed by atoms with E-state index in [0.717, 1.165) is 4.90 Å². The van der Waals surface area contributed by atoms with Crippen LogP contribution >= 0.6 is 23.4 Å². The molecule has 5 nitrogen and oxygen atoms in total. The van der Waals surface area contributed by atoms with Crippen molar-refractivity contribution >= 4 is 35.2 Å². The molecule has 0 aliphatic carbocycles. The number of nitrogens with zero attached hydrogens (tertiary/aromatic N) is 1. The Morgan fingerprint density at radius 2 is 1.91 bits per heavy atom. The Morgan fingerprint density at radius 3 is 2.55 bits per heavy atom. The van der Waals surface area contributed by atoms with Gasteiger partial charge in [-0.2, -0.15) is 0 Å². The number of carbonyl (C=O) groups excluding carboxylic acids is 2. The summed E-state index contributed by atoms with van der Waals surface area (Å²) >= 11 is 7.19. The molecule has 1 atom stereocenters. The third kappa shape index (κ3) is 4.75. The average Bonchev–Trinajstić information content (AvgIpc) is 2.55. The van der Waals surface area contributed by atoms with Gasteiger partial charge in [-0.3, -0.25) is 25.4 Å². The van der Waals surface area contributed by atoms with Crippen LogP contribution in [0.2, 0.25) is 5.02 Å². The molecule has 2 N–H and O–H groups in total. The van der Waals surface area contributed by atoms with E-state index in [4.69, 9.17) is 11.6 Å². The van der Waals surface area contributed by atoms with Crippen LogP contribution in [0.3, 0.4) is 0 Å². The first kappa shape index (κ1) is 16.3. The van der Waals surface area contributed by atoms with Gasteiger partial charge in [-0.05, 0) is 43.3 Å². The van der Waals surface area contributed by atoms with Crippen LogP contribution in [0.15, 0.2) is 53.7 Å². The molecular weight excluding hydrogens is 322 g/mol. The first-order valence-corrected chi connectivity index (χ1v) is 7.74. The zero-order valence-electron chi connectivity index (χ0n) is 11.7. The summed E-state index contributed by atoms with van der Waals surface area (Å²) in [6, 6.07) is 10.5. The number of nitrogens with one attached hydrogen (secondary N) is 2. The Balaban J connectivity index is 1.84. The molecule has 0 aliphatic rings. The highest BCUT2D eigenvalue weighted by molar-refractivity contribution is 8.00. The minimum absolute atomic E-state index is 0.294. The number of carbonyl (C=O) groups is 2. The highest BCUT2D eigenvalue weighted by atomic mass is 35.5. The van der Waals surface area contributed by atoms with Crippen LogP contribution in [0.5, 0.6) is 0 Å².